The minimum Gasteiger partial charge on any atom is -0.478 e. The van der Waals surface area contributed by atoms with Gasteiger partial charge in [-0.25, -0.2) is 18.2 Å². The number of hydrogen-bond acceptors (Lipinski definition) is 6. The molecule has 0 aliphatic carbocycles. The molecule has 2 N–H and O–H groups in total. The summed E-state index contributed by atoms with van der Waals surface area (Å²) in [5.74, 6) is -0.899. The van der Waals surface area contributed by atoms with Crippen LogP contribution in [0, 0.1) is 0 Å². The molecular formula is C19H18BrN3O4S2. The van der Waals surface area contributed by atoms with Gasteiger partial charge in [0.05, 0.1) is 15.7 Å². The average Bonchev–Trinajstić information content (AvgIpc) is 3.14. The molecule has 0 amide bonds. The van der Waals surface area contributed by atoms with Gasteiger partial charge in [-0.2, -0.15) is 0 Å². The molecule has 7 nitrogen and oxygen atoms in total. The van der Waals surface area contributed by atoms with E-state index in [-0.39, 0.29) is 21.3 Å². The highest BCUT2D eigenvalue weighted by molar-refractivity contribution is 9.11. The number of carbonyl (C=O) groups is 1. The number of halogens is 1. The van der Waals surface area contributed by atoms with Gasteiger partial charge in [0.15, 0.2) is 0 Å². The minimum atomic E-state index is -3.83. The fourth-order valence-corrected chi connectivity index (χ4v) is 5.75. The summed E-state index contributed by atoms with van der Waals surface area (Å²) >= 11 is 4.29. The Balaban J connectivity index is 1.91. The molecule has 0 radical (unpaired) electrons. The van der Waals surface area contributed by atoms with Gasteiger partial charge in [-0.05, 0) is 46.6 Å². The van der Waals surface area contributed by atoms with Crippen molar-refractivity contribution in [1.29, 1.82) is 0 Å². The van der Waals surface area contributed by atoms with Gasteiger partial charge in [0.1, 0.15) is 15.6 Å². The van der Waals surface area contributed by atoms with Gasteiger partial charge in [0, 0.05) is 13.1 Å². The molecule has 10 heteroatoms. The predicted molar refractivity (Wildman–Crippen MR) is 117 cm³/mol. The van der Waals surface area contributed by atoms with Crippen molar-refractivity contribution in [3.05, 3.63) is 69.6 Å². The summed E-state index contributed by atoms with van der Waals surface area (Å²) in [4.78, 5) is 17.9. The van der Waals surface area contributed by atoms with Crippen LogP contribution in [0.4, 0.5) is 11.5 Å². The lowest BCUT2D eigenvalue weighted by molar-refractivity contribution is 0.0697. The number of carboxylic acid groups (broad SMARTS) is 1. The Kier molecular flexibility index (Phi) is 6.56. The summed E-state index contributed by atoms with van der Waals surface area (Å²) in [6, 6.07) is 14.0. The third kappa shape index (κ3) is 5.14. The number of sulfonamides is 1. The zero-order valence-electron chi connectivity index (χ0n) is 15.4. The van der Waals surface area contributed by atoms with E-state index in [0.717, 1.165) is 16.9 Å². The van der Waals surface area contributed by atoms with Crippen LogP contribution >= 0.6 is 27.3 Å². The van der Waals surface area contributed by atoms with Crippen LogP contribution < -0.4 is 9.62 Å². The Bertz CT molecular complexity index is 1120. The zero-order valence-corrected chi connectivity index (χ0v) is 18.6. The highest BCUT2D eigenvalue weighted by Gasteiger charge is 2.21. The van der Waals surface area contributed by atoms with Crippen LogP contribution in [0.5, 0.6) is 0 Å². The van der Waals surface area contributed by atoms with Crippen LogP contribution in [0.3, 0.4) is 0 Å². The first-order valence-electron chi connectivity index (χ1n) is 8.60. The second-order valence-electron chi connectivity index (χ2n) is 6.06. The first-order chi connectivity index (χ1) is 13.8. The molecule has 2 heterocycles. The standard InChI is InChI=1S/C19H18BrN3O4S2/c1-2-23(12-13-6-4-3-5-7-13)18-15(19(24)25)10-14(11-21-18)22-29(26,27)17-9-8-16(20)28-17/h3-11,22H,2,12H2,1H3,(H,24,25). The molecule has 0 unspecified atom stereocenters. The number of rotatable bonds is 8. The maximum atomic E-state index is 12.5. The fourth-order valence-electron chi connectivity index (χ4n) is 2.71. The average molecular weight is 496 g/mol. The molecule has 152 valence electrons. The van der Waals surface area contributed by atoms with Crippen LogP contribution in [0.25, 0.3) is 0 Å². The van der Waals surface area contributed by atoms with E-state index in [0.29, 0.717) is 16.9 Å². The van der Waals surface area contributed by atoms with Crippen molar-refractivity contribution in [3.8, 4) is 0 Å². The fraction of sp³-hybridized carbons (Fsp3) is 0.158. The molecule has 1 aromatic carbocycles. The molecular weight excluding hydrogens is 478 g/mol. The van der Waals surface area contributed by atoms with Crippen molar-refractivity contribution in [1.82, 2.24) is 4.98 Å². The van der Waals surface area contributed by atoms with Crippen LogP contribution in [0.2, 0.25) is 0 Å². The number of aromatic carboxylic acids is 1. The molecule has 0 saturated heterocycles. The molecule has 0 saturated carbocycles. The second-order valence-corrected chi connectivity index (χ2v) is 10.4. The summed E-state index contributed by atoms with van der Waals surface area (Å²) in [6.07, 6.45) is 1.33. The van der Waals surface area contributed by atoms with Crippen LogP contribution in [-0.4, -0.2) is 31.0 Å². The molecule has 0 bridgehead atoms. The van der Waals surface area contributed by atoms with Crippen molar-refractivity contribution in [3.63, 3.8) is 0 Å². The number of nitrogens with zero attached hydrogens (tertiary/aromatic N) is 2. The Morgan fingerprint density at radius 3 is 2.55 bits per heavy atom. The third-order valence-electron chi connectivity index (χ3n) is 4.06. The van der Waals surface area contributed by atoms with E-state index in [2.05, 4.69) is 25.6 Å². The van der Waals surface area contributed by atoms with E-state index in [1.807, 2.05) is 42.2 Å². The largest absolute Gasteiger partial charge is 0.478 e. The lowest BCUT2D eigenvalue weighted by Crippen LogP contribution is -2.25. The lowest BCUT2D eigenvalue weighted by atomic mass is 10.2. The first-order valence-corrected chi connectivity index (χ1v) is 11.7. The van der Waals surface area contributed by atoms with Crippen molar-refractivity contribution in [2.24, 2.45) is 0 Å². The second kappa shape index (κ2) is 8.93. The Labute approximate surface area is 181 Å². The molecule has 3 rings (SSSR count). The Hall–Kier alpha value is -2.43. The SMILES string of the molecule is CCN(Cc1ccccc1)c1ncc(NS(=O)(=O)c2ccc(Br)s2)cc1C(=O)O. The smallest absolute Gasteiger partial charge is 0.339 e. The van der Waals surface area contributed by atoms with Crippen molar-refractivity contribution in [2.45, 2.75) is 17.7 Å². The number of nitrogens with one attached hydrogen (secondary N) is 1. The number of pyridine rings is 1. The van der Waals surface area contributed by atoms with E-state index in [1.54, 1.807) is 6.07 Å². The van der Waals surface area contributed by atoms with Crippen LogP contribution in [-0.2, 0) is 16.6 Å². The highest BCUT2D eigenvalue weighted by atomic mass is 79.9. The van der Waals surface area contributed by atoms with Gasteiger partial charge in [-0.3, -0.25) is 4.72 Å². The van der Waals surface area contributed by atoms with Gasteiger partial charge in [0.25, 0.3) is 10.0 Å². The van der Waals surface area contributed by atoms with Crippen molar-refractivity contribution in [2.75, 3.05) is 16.2 Å². The number of aromatic nitrogens is 1. The minimum absolute atomic E-state index is 0.0738. The molecule has 0 spiro atoms. The third-order valence-corrected chi connectivity index (χ3v) is 7.56. The maximum Gasteiger partial charge on any atom is 0.339 e. The van der Waals surface area contributed by atoms with E-state index < -0.39 is 16.0 Å². The normalized spacial score (nSPS) is 11.2. The quantitative estimate of drug-likeness (QED) is 0.479. The van der Waals surface area contributed by atoms with E-state index >= 15 is 0 Å². The van der Waals surface area contributed by atoms with Crippen molar-refractivity contribution >= 4 is 54.8 Å². The molecule has 0 aliphatic rings. The summed E-state index contributed by atoms with van der Waals surface area (Å²) in [6.45, 7) is 2.93. The highest BCUT2D eigenvalue weighted by Crippen LogP contribution is 2.29. The van der Waals surface area contributed by atoms with Gasteiger partial charge in [0.2, 0.25) is 0 Å². The number of anilines is 2. The van der Waals surface area contributed by atoms with Crippen LogP contribution in [0.15, 0.2) is 62.7 Å². The zero-order chi connectivity index (χ0) is 21.0. The molecule has 3 aromatic rings. The molecule has 0 fully saturated rings. The molecule has 0 aliphatic heterocycles. The van der Waals surface area contributed by atoms with Gasteiger partial charge < -0.3 is 10.0 Å². The summed E-state index contributed by atoms with van der Waals surface area (Å²) in [7, 11) is -3.83. The van der Waals surface area contributed by atoms with E-state index in [1.165, 1.54) is 18.3 Å². The topological polar surface area (TPSA) is 99.6 Å². The first kappa shape index (κ1) is 21.3. The molecule has 0 atom stereocenters. The summed E-state index contributed by atoms with van der Waals surface area (Å²) < 4.78 is 28.2. The maximum absolute atomic E-state index is 12.5. The number of hydrogen-bond donors (Lipinski definition) is 2. The molecule has 29 heavy (non-hydrogen) atoms. The van der Waals surface area contributed by atoms with Gasteiger partial charge >= 0.3 is 5.97 Å². The monoisotopic (exact) mass is 495 g/mol. The number of benzene rings is 1. The Morgan fingerprint density at radius 1 is 1.24 bits per heavy atom. The van der Waals surface area contributed by atoms with E-state index in [9.17, 15) is 18.3 Å². The summed E-state index contributed by atoms with van der Waals surface area (Å²) in [5.41, 5.74) is 1.03. The van der Waals surface area contributed by atoms with Gasteiger partial charge in [-0.15, -0.1) is 11.3 Å². The van der Waals surface area contributed by atoms with E-state index in [4.69, 9.17) is 0 Å². The molecule has 2 aromatic heterocycles. The number of thiophene rings is 1. The predicted octanol–water partition coefficient (Wildman–Crippen LogP) is 4.43. The Morgan fingerprint density at radius 2 is 1.97 bits per heavy atom. The van der Waals surface area contributed by atoms with Gasteiger partial charge in [-0.1, -0.05) is 30.3 Å². The van der Waals surface area contributed by atoms with Crippen LogP contribution in [0.1, 0.15) is 22.8 Å². The summed E-state index contributed by atoms with van der Waals surface area (Å²) in [5, 5.41) is 9.67. The lowest BCUT2D eigenvalue weighted by Gasteiger charge is -2.24. The number of carboxylic acids is 1. The van der Waals surface area contributed by atoms with Crippen molar-refractivity contribution < 1.29 is 18.3 Å².